The van der Waals surface area contributed by atoms with Crippen LogP contribution in [0.1, 0.15) is 11.4 Å². The van der Waals surface area contributed by atoms with Gasteiger partial charge >= 0.3 is 0 Å². The summed E-state index contributed by atoms with van der Waals surface area (Å²) in [5.74, 6) is 0.821. The fourth-order valence-corrected chi connectivity index (χ4v) is 3.25. The van der Waals surface area contributed by atoms with Crippen molar-refractivity contribution >= 4 is 21.6 Å². The van der Waals surface area contributed by atoms with Crippen molar-refractivity contribution < 1.29 is 13.2 Å². The van der Waals surface area contributed by atoms with Gasteiger partial charge in [-0.25, -0.2) is 17.8 Å². The summed E-state index contributed by atoms with van der Waals surface area (Å²) in [6.45, 7) is 1.65. The maximum Gasteiger partial charge on any atom is 0.241 e. The Balaban J connectivity index is 2.27. The SMILES string of the molecule is COc1cc(C)c(S(=O)(=O)NCc2nnnn2C)cc1Cl. The summed E-state index contributed by atoms with van der Waals surface area (Å²) < 4.78 is 33.5. The Bertz CT molecular complexity index is 759. The summed E-state index contributed by atoms with van der Waals surface area (Å²) in [6, 6.07) is 2.92. The molecule has 10 heteroatoms. The molecule has 0 radical (unpaired) electrons. The van der Waals surface area contributed by atoms with Gasteiger partial charge in [-0.3, -0.25) is 0 Å². The zero-order chi connectivity index (χ0) is 15.6. The summed E-state index contributed by atoms with van der Waals surface area (Å²) in [6.07, 6.45) is 0. The zero-order valence-corrected chi connectivity index (χ0v) is 13.2. The van der Waals surface area contributed by atoms with Crippen molar-refractivity contribution in [2.24, 2.45) is 7.05 Å². The molecular weight excluding hydrogens is 318 g/mol. The van der Waals surface area contributed by atoms with Gasteiger partial charge in [-0.1, -0.05) is 11.6 Å². The minimum absolute atomic E-state index is 0.0189. The Morgan fingerprint density at radius 1 is 1.43 bits per heavy atom. The fraction of sp³-hybridized carbons (Fsp3) is 0.364. The van der Waals surface area contributed by atoms with E-state index in [0.717, 1.165) is 0 Å². The minimum atomic E-state index is -3.73. The lowest BCUT2D eigenvalue weighted by Gasteiger charge is -2.11. The van der Waals surface area contributed by atoms with Crippen molar-refractivity contribution in [3.8, 4) is 5.75 Å². The van der Waals surface area contributed by atoms with Gasteiger partial charge in [0, 0.05) is 7.05 Å². The summed E-state index contributed by atoms with van der Waals surface area (Å²) in [7, 11) is -0.640. The molecule has 0 fully saturated rings. The number of nitrogens with one attached hydrogen (secondary N) is 1. The van der Waals surface area contributed by atoms with Crippen molar-refractivity contribution in [1.82, 2.24) is 24.9 Å². The van der Waals surface area contributed by atoms with Gasteiger partial charge in [-0.15, -0.1) is 5.10 Å². The highest BCUT2D eigenvalue weighted by atomic mass is 35.5. The quantitative estimate of drug-likeness (QED) is 0.864. The molecule has 1 aromatic heterocycles. The first-order chi connectivity index (χ1) is 9.85. The van der Waals surface area contributed by atoms with Crippen LogP contribution in [-0.4, -0.2) is 35.7 Å². The molecule has 8 nitrogen and oxygen atoms in total. The molecule has 2 rings (SSSR count). The molecule has 0 aliphatic heterocycles. The summed E-state index contributed by atoms with van der Waals surface area (Å²) in [4.78, 5) is 0.0865. The Morgan fingerprint density at radius 2 is 2.14 bits per heavy atom. The first kappa shape index (κ1) is 15.7. The van der Waals surface area contributed by atoms with Crippen molar-refractivity contribution in [3.63, 3.8) is 0 Å². The summed E-state index contributed by atoms with van der Waals surface area (Å²) in [5.41, 5.74) is 0.528. The standard InChI is InChI=1S/C11H14ClN5O3S/c1-7-4-9(20-3)8(12)5-10(7)21(18,19)13-6-11-14-15-16-17(11)2/h4-5,13H,6H2,1-3H3. The van der Waals surface area contributed by atoms with E-state index in [1.54, 1.807) is 20.0 Å². The van der Waals surface area contributed by atoms with Crippen LogP contribution in [-0.2, 0) is 23.6 Å². The molecule has 0 atom stereocenters. The van der Waals surface area contributed by atoms with Gasteiger partial charge in [-0.05, 0) is 35.0 Å². The van der Waals surface area contributed by atoms with Crippen molar-refractivity contribution in [2.75, 3.05) is 7.11 Å². The molecule has 2 aromatic rings. The molecule has 0 bridgehead atoms. The Morgan fingerprint density at radius 3 is 2.71 bits per heavy atom. The topological polar surface area (TPSA) is 99.0 Å². The number of benzene rings is 1. The van der Waals surface area contributed by atoms with E-state index in [0.29, 0.717) is 17.1 Å². The maximum atomic E-state index is 12.3. The van der Waals surface area contributed by atoms with Crippen LogP contribution in [0.3, 0.4) is 0 Å². The second-order valence-corrected chi connectivity index (χ2v) is 6.44. The third-order valence-electron chi connectivity index (χ3n) is 2.87. The average molecular weight is 332 g/mol. The van der Waals surface area contributed by atoms with E-state index in [1.807, 2.05) is 0 Å². The molecular formula is C11H14ClN5O3S. The van der Waals surface area contributed by atoms with E-state index in [2.05, 4.69) is 20.2 Å². The number of hydrogen-bond acceptors (Lipinski definition) is 6. The Labute approximate surface area is 127 Å². The minimum Gasteiger partial charge on any atom is -0.495 e. The lowest BCUT2D eigenvalue weighted by Crippen LogP contribution is -2.25. The first-order valence-corrected chi connectivity index (χ1v) is 7.76. The molecule has 1 heterocycles. The van der Waals surface area contributed by atoms with Crippen LogP contribution in [0.25, 0.3) is 0 Å². The third-order valence-corrected chi connectivity index (χ3v) is 4.71. The van der Waals surface area contributed by atoms with Crippen LogP contribution < -0.4 is 9.46 Å². The molecule has 1 aromatic carbocycles. The van der Waals surface area contributed by atoms with Gasteiger partial charge in [0.25, 0.3) is 0 Å². The van der Waals surface area contributed by atoms with Crippen LogP contribution in [0.4, 0.5) is 0 Å². The highest BCUT2D eigenvalue weighted by molar-refractivity contribution is 7.89. The Kier molecular flexibility index (Phi) is 4.45. The van der Waals surface area contributed by atoms with Crippen LogP contribution in [0.2, 0.25) is 5.02 Å². The van der Waals surface area contributed by atoms with E-state index in [4.69, 9.17) is 16.3 Å². The van der Waals surface area contributed by atoms with Gasteiger partial charge in [0.2, 0.25) is 10.0 Å². The molecule has 0 unspecified atom stereocenters. The number of hydrogen-bond donors (Lipinski definition) is 1. The van der Waals surface area contributed by atoms with Gasteiger partial charge in [0.05, 0.1) is 23.6 Å². The highest BCUT2D eigenvalue weighted by Gasteiger charge is 2.20. The van der Waals surface area contributed by atoms with Gasteiger partial charge < -0.3 is 4.74 Å². The monoisotopic (exact) mass is 331 g/mol. The van der Waals surface area contributed by atoms with Crippen molar-refractivity contribution in [1.29, 1.82) is 0 Å². The molecule has 0 aliphatic rings. The normalized spacial score (nSPS) is 11.6. The predicted octanol–water partition coefficient (Wildman–Crippen LogP) is 0.659. The fourth-order valence-electron chi connectivity index (χ4n) is 1.72. The highest BCUT2D eigenvalue weighted by Crippen LogP contribution is 2.30. The summed E-state index contributed by atoms with van der Waals surface area (Å²) >= 11 is 5.98. The number of sulfonamides is 1. The molecule has 0 saturated heterocycles. The van der Waals surface area contributed by atoms with Crippen molar-refractivity contribution in [2.45, 2.75) is 18.4 Å². The average Bonchev–Trinajstić information content (AvgIpc) is 2.84. The molecule has 0 saturated carbocycles. The van der Waals surface area contributed by atoms with Gasteiger partial charge in [-0.2, -0.15) is 0 Å². The van der Waals surface area contributed by atoms with E-state index >= 15 is 0 Å². The number of methoxy groups -OCH3 is 1. The van der Waals surface area contributed by atoms with Crippen LogP contribution >= 0.6 is 11.6 Å². The molecule has 114 valence electrons. The molecule has 0 amide bonds. The predicted molar refractivity (Wildman–Crippen MR) is 75.6 cm³/mol. The number of aryl methyl sites for hydroxylation is 2. The lowest BCUT2D eigenvalue weighted by atomic mass is 10.2. The smallest absolute Gasteiger partial charge is 0.241 e. The third kappa shape index (κ3) is 3.31. The number of aromatic nitrogens is 4. The van der Waals surface area contributed by atoms with E-state index < -0.39 is 10.0 Å². The Hall–Kier alpha value is -1.71. The van der Waals surface area contributed by atoms with Gasteiger partial charge in [0.15, 0.2) is 5.82 Å². The van der Waals surface area contributed by atoms with E-state index in [9.17, 15) is 8.42 Å². The van der Waals surface area contributed by atoms with Crippen LogP contribution in [0.5, 0.6) is 5.75 Å². The maximum absolute atomic E-state index is 12.3. The molecule has 21 heavy (non-hydrogen) atoms. The van der Waals surface area contributed by atoms with Crippen LogP contribution in [0.15, 0.2) is 17.0 Å². The van der Waals surface area contributed by atoms with E-state index in [1.165, 1.54) is 17.9 Å². The molecule has 1 N–H and O–H groups in total. The molecule has 0 spiro atoms. The number of tetrazole rings is 1. The van der Waals surface area contributed by atoms with Crippen LogP contribution in [0, 0.1) is 6.92 Å². The van der Waals surface area contributed by atoms with Gasteiger partial charge in [0.1, 0.15) is 5.75 Å². The number of rotatable bonds is 5. The van der Waals surface area contributed by atoms with Crippen molar-refractivity contribution in [3.05, 3.63) is 28.5 Å². The van der Waals surface area contributed by atoms with E-state index in [-0.39, 0.29) is 16.5 Å². The lowest BCUT2D eigenvalue weighted by molar-refractivity contribution is 0.414. The first-order valence-electron chi connectivity index (χ1n) is 5.90. The molecule has 0 aliphatic carbocycles. The second kappa shape index (κ2) is 5.96. The second-order valence-electron chi connectivity index (χ2n) is 4.30. The number of nitrogens with zero attached hydrogens (tertiary/aromatic N) is 4. The number of halogens is 1. The number of ether oxygens (including phenoxy) is 1. The largest absolute Gasteiger partial charge is 0.495 e. The summed E-state index contributed by atoms with van der Waals surface area (Å²) in [5, 5.41) is 11.0. The zero-order valence-electron chi connectivity index (χ0n) is 11.7.